The molecule has 0 fully saturated rings. The van der Waals surface area contributed by atoms with Crippen molar-refractivity contribution in [1.29, 1.82) is 0 Å². The Labute approximate surface area is 96.2 Å². The minimum absolute atomic E-state index is 0.238. The van der Waals surface area contributed by atoms with Crippen molar-refractivity contribution in [2.45, 2.75) is 12.3 Å². The van der Waals surface area contributed by atoms with Crippen LogP contribution in [0.5, 0.6) is 5.75 Å². The number of rotatable bonds is 3. The number of methoxy groups -OCH3 is 2. The topological polar surface area (TPSA) is 18.5 Å². The molecule has 2 nitrogen and oxygen atoms in total. The fourth-order valence-electron chi connectivity index (χ4n) is 1.98. The van der Waals surface area contributed by atoms with E-state index in [0.29, 0.717) is 0 Å². The number of ether oxygens (including phenoxy) is 2. The predicted octanol–water partition coefficient (Wildman–Crippen LogP) is 3.07. The van der Waals surface area contributed by atoms with Crippen LogP contribution in [0.4, 0.5) is 0 Å². The van der Waals surface area contributed by atoms with Crippen molar-refractivity contribution in [2.24, 2.45) is 0 Å². The first-order valence-corrected chi connectivity index (χ1v) is 5.31. The third kappa shape index (κ3) is 1.96. The molecule has 0 heterocycles. The van der Waals surface area contributed by atoms with Gasteiger partial charge in [-0.25, -0.2) is 0 Å². The van der Waals surface area contributed by atoms with Crippen LogP contribution < -0.4 is 4.74 Å². The molecule has 1 aromatic carbocycles. The highest BCUT2D eigenvalue weighted by Gasteiger charge is 2.21. The highest BCUT2D eigenvalue weighted by molar-refractivity contribution is 5.41. The number of allylic oxidation sites excluding steroid dienone is 4. The van der Waals surface area contributed by atoms with Crippen LogP contribution in [0.2, 0.25) is 0 Å². The fourth-order valence-corrected chi connectivity index (χ4v) is 1.98. The van der Waals surface area contributed by atoms with E-state index in [1.54, 1.807) is 14.2 Å². The van der Waals surface area contributed by atoms with E-state index in [2.05, 4.69) is 12.1 Å². The molecule has 0 bridgehead atoms. The second-order valence-electron chi connectivity index (χ2n) is 3.65. The van der Waals surface area contributed by atoms with E-state index in [1.807, 2.05) is 30.4 Å². The van der Waals surface area contributed by atoms with Gasteiger partial charge in [-0.1, -0.05) is 24.3 Å². The zero-order valence-electron chi connectivity index (χ0n) is 9.57. The second-order valence-corrected chi connectivity index (χ2v) is 3.65. The average Bonchev–Trinajstić information content (AvgIpc) is 2.38. The van der Waals surface area contributed by atoms with Crippen LogP contribution >= 0.6 is 0 Å². The van der Waals surface area contributed by atoms with E-state index in [9.17, 15) is 0 Å². The van der Waals surface area contributed by atoms with Crippen molar-refractivity contribution >= 4 is 0 Å². The average molecular weight is 215 g/mol. The summed E-state index contributed by atoms with van der Waals surface area (Å²) < 4.78 is 10.8. The van der Waals surface area contributed by atoms with E-state index < -0.39 is 0 Å². The van der Waals surface area contributed by atoms with Gasteiger partial charge in [-0.15, -0.1) is 0 Å². The van der Waals surface area contributed by atoms with Gasteiger partial charge < -0.3 is 9.47 Å². The highest BCUT2D eigenvalue weighted by Crippen LogP contribution is 2.36. The van der Waals surface area contributed by atoms with Gasteiger partial charge in [0.05, 0.1) is 14.2 Å². The molecule has 2 rings (SSSR count). The Morgan fingerprint density at radius 1 is 1.19 bits per heavy atom. The lowest BCUT2D eigenvalue weighted by atomic mass is 9.90. The SMILES string of the molecule is COC1=C[C]=CC[C@@H]1c1ccccc1OC. The van der Waals surface area contributed by atoms with Gasteiger partial charge in [0, 0.05) is 11.5 Å². The molecule has 16 heavy (non-hydrogen) atoms. The molecule has 1 aliphatic rings. The molecule has 0 aromatic heterocycles. The van der Waals surface area contributed by atoms with Crippen LogP contribution in [0.3, 0.4) is 0 Å². The minimum Gasteiger partial charge on any atom is -0.500 e. The summed E-state index contributed by atoms with van der Waals surface area (Å²) in [5, 5.41) is 0. The summed E-state index contributed by atoms with van der Waals surface area (Å²) in [4.78, 5) is 0. The summed E-state index contributed by atoms with van der Waals surface area (Å²) in [6.45, 7) is 0. The van der Waals surface area contributed by atoms with Crippen LogP contribution in [0.1, 0.15) is 17.9 Å². The maximum Gasteiger partial charge on any atom is 0.122 e. The van der Waals surface area contributed by atoms with Crippen LogP contribution in [-0.4, -0.2) is 14.2 Å². The first-order valence-electron chi connectivity index (χ1n) is 5.31. The number of benzene rings is 1. The van der Waals surface area contributed by atoms with Crippen LogP contribution in [0.15, 0.2) is 42.2 Å². The van der Waals surface area contributed by atoms with Crippen LogP contribution in [0, 0.1) is 6.08 Å². The van der Waals surface area contributed by atoms with Gasteiger partial charge in [-0.3, -0.25) is 0 Å². The van der Waals surface area contributed by atoms with Crippen LogP contribution in [0.25, 0.3) is 0 Å². The van der Waals surface area contributed by atoms with Crippen molar-refractivity contribution in [3.63, 3.8) is 0 Å². The maximum absolute atomic E-state index is 5.38. The van der Waals surface area contributed by atoms with Crippen molar-refractivity contribution in [2.75, 3.05) is 14.2 Å². The smallest absolute Gasteiger partial charge is 0.122 e. The van der Waals surface area contributed by atoms with Crippen molar-refractivity contribution < 1.29 is 9.47 Å². The van der Waals surface area contributed by atoms with Gasteiger partial charge in [0.25, 0.3) is 0 Å². The zero-order chi connectivity index (χ0) is 11.4. The van der Waals surface area contributed by atoms with E-state index in [1.165, 1.54) is 0 Å². The molecule has 0 spiro atoms. The molecule has 1 radical (unpaired) electrons. The zero-order valence-corrected chi connectivity index (χ0v) is 9.57. The van der Waals surface area contributed by atoms with Crippen molar-refractivity contribution in [3.05, 3.63) is 53.8 Å². The van der Waals surface area contributed by atoms with Crippen molar-refractivity contribution in [1.82, 2.24) is 0 Å². The number of hydrogen-bond acceptors (Lipinski definition) is 2. The Morgan fingerprint density at radius 2 is 2.00 bits per heavy atom. The Hall–Kier alpha value is -1.70. The number of para-hydroxylation sites is 1. The molecule has 83 valence electrons. The molecule has 0 amide bonds. The Balaban J connectivity index is 2.36. The van der Waals surface area contributed by atoms with Gasteiger partial charge in [0.2, 0.25) is 0 Å². The van der Waals surface area contributed by atoms with Crippen molar-refractivity contribution in [3.8, 4) is 5.75 Å². The largest absolute Gasteiger partial charge is 0.500 e. The molecule has 0 unspecified atom stereocenters. The lowest BCUT2D eigenvalue weighted by Gasteiger charge is -2.22. The lowest BCUT2D eigenvalue weighted by molar-refractivity contribution is 0.260. The molecule has 2 heteroatoms. The quantitative estimate of drug-likeness (QED) is 0.771. The van der Waals surface area contributed by atoms with E-state index >= 15 is 0 Å². The molecule has 1 atom stereocenters. The molecule has 1 aliphatic carbocycles. The highest BCUT2D eigenvalue weighted by atomic mass is 16.5. The summed E-state index contributed by atoms with van der Waals surface area (Å²) in [7, 11) is 3.39. The van der Waals surface area contributed by atoms with Gasteiger partial charge in [0.15, 0.2) is 0 Å². The third-order valence-electron chi connectivity index (χ3n) is 2.79. The Morgan fingerprint density at radius 3 is 2.75 bits per heavy atom. The molecular weight excluding hydrogens is 200 g/mol. The van der Waals surface area contributed by atoms with Gasteiger partial charge >= 0.3 is 0 Å². The molecule has 0 saturated carbocycles. The third-order valence-corrected chi connectivity index (χ3v) is 2.79. The monoisotopic (exact) mass is 215 g/mol. The van der Waals surface area contributed by atoms with Gasteiger partial charge in [-0.2, -0.15) is 0 Å². The maximum atomic E-state index is 5.38. The summed E-state index contributed by atoms with van der Waals surface area (Å²) in [5.74, 6) is 2.08. The molecular formula is C14H15O2. The van der Waals surface area contributed by atoms with E-state index in [4.69, 9.17) is 9.47 Å². The second kappa shape index (κ2) is 4.88. The first kappa shape index (κ1) is 10.8. The standard InChI is InChI=1S/C14H15O2/c1-15-13-9-5-3-7-11(13)12-8-4-6-10-14(12)16-2/h3-5,7,9-10,12H,8H2,1-2H3/t12-/m1/s1. The lowest BCUT2D eigenvalue weighted by Crippen LogP contribution is -2.07. The van der Waals surface area contributed by atoms with E-state index in [-0.39, 0.29) is 5.92 Å². The Kier molecular flexibility index (Phi) is 3.30. The molecule has 0 N–H and O–H groups in total. The predicted molar refractivity (Wildman–Crippen MR) is 63.3 cm³/mol. The van der Waals surface area contributed by atoms with Gasteiger partial charge in [0.1, 0.15) is 11.5 Å². The minimum atomic E-state index is 0.238. The summed E-state index contributed by atoms with van der Waals surface area (Å²) in [5.41, 5.74) is 1.16. The summed E-state index contributed by atoms with van der Waals surface area (Å²) in [6, 6.07) is 8.05. The van der Waals surface area contributed by atoms with Gasteiger partial charge in [-0.05, 0) is 24.6 Å². The summed E-state index contributed by atoms with van der Waals surface area (Å²) >= 11 is 0. The molecule has 0 saturated heterocycles. The summed E-state index contributed by atoms with van der Waals surface area (Å²) in [6.07, 6.45) is 7.89. The Bertz CT molecular complexity index is 418. The molecule has 0 aliphatic heterocycles. The molecule has 1 aromatic rings. The normalized spacial score (nSPS) is 19.1. The first-order chi connectivity index (χ1) is 7.86. The fraction of sp³-hybridized carbons (Fsp3) is 0.286. The van der Waals surface area contributed by atoms with Crippen LogP contribution in [-0.2, 0) is 4.74 Å². The van der Waals surface area contributed by atoms with E-state index in [0.717, 1.165) is 23.5 Å². The number of hydrogen-bond donors (Lipinski definition) is 0.